The van der Waals surface area contributed by atoms with Crippen LogP contribution in [0.15, 0.2) is 41.1 Å². The predicted octanol–water partition coefficient (Wildman–Crippen LogP) is 3.09. The number of hydrogen-bond donors (Lipinski definition) is 1. The molecule has 0 amide bonds. The normalized spacial score (nSPS) is 13.6. The summed E-state index contributed by atoms with van der Waals surface area (Å²) < 4.78 is 5.89. The van der Waals surface area contributed by atoms with Gasteiger partial charge in [-0.2, -0.15) is 16.6 Å². The molecule has 0 saturated carbocycles. The van der Waals surface area contributed by atoms with Crippen LogP contribution in [0.25, 0.3) is 0 Å². The summed E-state index contributed by atoms with van der Waals surface area (Å²) in [4.78, 5) is 0. The van der Waals surface area contributed by atoms with Gasteiger partial charge in [0.05, 0.1) is 11.6 Å². The lowest BCUT2D eigenvalue weighted by molar-refractivity contribution is 0.181. The van der Waals surface area contributed by atoms with Gasteiger partial charge >= 0.3 is 0 Å². The molecule has 3 nitrogen and oxygen atoms in total. The molecule has 0 radical (unpaired) electrons. The third kappa shape index (κ3) is 2.89. The molecule has 0 saturated heterocycles. The zero-order valence-electron chi connectivity index (χ0n) is 10.0. The van der Waals surface area contributed by atoms with E-state index in [1.54, 1.807) is 35.6 Å². The van der Waals surface area contributed by atoms with Gasteiger partial charge in [0, 0.05) is 11.6 Å². The van der Waals surface area contributed by atoms with E-state index >= 15 is 0 Å². The molecular formula is C14H14N2OS. The minimum atomic E-state index is -0.163. The van der Waals surface area contributed by atoms with Crippen molar-refractivity contribution in [3.05, 3.63) is 52.2 Å². The highest BCUT2D eigenvalue weighted by molar-refractivity contribution is 7.07. The van der Waals surface area contributed by atoms with Crippen molar-refractivity contribution in [1.82, 2.24) is 0 Å². The highest BCUT2D eigenvalue weighted by Crippen LogP contribution is 2.25. The number of nitrogens with zero attached hydrogens (tertiary/aromatic N) is 1. The molecular weight excluding hydrogens is 244 g/mol. The topological polar surface area (TPSA) is 59.0 Å². The summed E-state index contributed by atoms with van der Waals surface area (Å²) in [5.41, 5.74) is 7.66. The van der Waals surface area contributed by atoms with Gasteiger partial charge in [0.1, 0.15) is 11.9 Å². The van der Waals surface area contributed by atoms with Crippen LogP contribution in [0.5, 0.6) is 5.75 Å². The van der Waals surface area contributed by atoms with Crippen molar-refractivity contribution >= 4 is 11.3 Å². The molecule has 0 fully saturated rings. The molecule has 0 aliphatic heterocycles. The number of nitriles is 1. The molecule has 0 aliphatic rings. The molecule has 1 heterocycles. The third-order valence-corrected chi connectivity index (χ3v) is 3.30. The number of ether oxygens (including phenoxy) is 1. The molecule has 1 aromatic carbocycles. The fourth-order valence-electron chi connectivity index (χ4n) is 1.67. The van der Waals surface area contributed by atoms with Crippen LogP contribution in [-0.2, 0) is 0 Å². The minimum Gasteiger partial charge on any atom is -0.484 e. The van der Waals surface area contributed by atoms with Gasteiger partial charge in [-0.3, -0.25) is 0 Å². The van der Waals surface area contributed by atoms with Crippen molar-refractivity contribution in [2.45, 2.75) is 19.1 Å². The van der Waals surface area contributed by atoms with E-state index in [0.29, 0.717) is 5.56 Å². The van der Waals surface area contributed by atoms with Crippen molar-refractivity contribution in [3.8, 4) is 11.8 Å². The Bertz CT molecular complexity index is 526. The molecule has 1 aromatic heterocycles. The molecule has 18 heavy (non-hydrogen) atoms. The summed E-state index contributed by atoms with van der Waals surface area (Å²) in [5, 5.41) is 12.8. The van der Waals surface area contributed by atoms with E-state index in [0.717, 1.165) is 11.3 Å². The van der Waals surface area contributed by atoms with Gasteiger partial charge in [-0.15, -0.1) is 0 Å². The van der Waals surface area contributed by atoms with Crippen LogP contribution in [0.4, 0.5) is 0 Å². The summed E-state index contributed by atoms with van der Waals surface area (Å²) in [7, 11) is 0. The van der Waals surface area contributed by atoms with Gasteiger partial charge in [0.2, 0.25) is 0 Å². The summed E-state index contributed by atoms with van der Waals surface area (Å²) in [6.07, 6.45) is -0.163. The van der Waals surface area contributed by atoms with E-state index in [-0.39, 0.29) is 12.1 Å². The summed E-state index contributed by atoms with van der Waals surface area (Å²) in [6, 6.07) is 11.1. The van der Waals surface area contributed by atoms with Crippen molar-refractivity contribution < 1.29 is 4.74 Å². The first-order chi connectivity index (χ1) is 8.70. The lowest BCUT2D eigenvalue weighted by Crippen LogP contribution is -2.28. The Morgan fingerprint density at radius 1 is 1.28 bits per heavy atom. The molecule has 4 heteroatoms. The summed E-state index contributed by atoms with van der Waals surface area (Å²) in [6.45, 7) is 1.92. The second-order valence-electron chi connectivity index (χ2n) is 4.09. The molecule has 2 aromatic rings. The van der Waals surface area contributed by atoms with Gasteiger partial charge in [-0.1, -0.05) is 0 Å². The molecule has 92 valence electrons. The number of rotatable bonds is 4. The first-order valence-corrected chi connectivity index (χ1v) is 6.59. The maximum absolute atomic E-state index is 8.74. The van der Waals surface area contributed by atoms with Crippen LogP contribution in [0, 0.1) is 11.3 Å². The molecule has 2 atom stereocenters. The Kier molecular flexibility index (Phi) is 3.98. The van der Waals surface area contributed by atoms with Crippen molar-refractivity contribution in [1.29, 1.82) is 5.26 Å². The second kappa shape index (κ2) is 5.67. The smallest absolute Gasteiger partial charge is 0.139 e. The lowest BCUT2D eigenvalue weighted by atomic mass is 10.1. The van der Waals surface area contributed by atoms with Gasteiger partial charge in [0.15, 0.2) is 0 Å². The van der Waals surface area contributed by atoms with E-state index in [1.165, 1.54) is 0 Å². The van der Waals surface area contributed by atoms with Gasteiger partial charge in [-0.25, -0.2) is 0 Å². The Hall–Kier alpha value is -1.83. The third-order valence-electron chi connectivity index (χ3n) is 2.60. The average Bonchev–Trinajstić information content (AvgIpc) is 2.90. The molecule has 0 aliphatic carbocycles. The maximum atomic E-state index is 8.74. The van der Waals surface area contributed by atoms with E-state index in [2.05, 4.69) is 6.07 Å². The van der Waals surface area contributed by atoms with E-state index in [9.17, 15) is 0 Å². The Morgan fingerprint density at radius 2 is 2.00 bits per heavy atom. The van der Waals surface area contributed by atoms with Crippen LogP contribution >= 0.6 is 11.3 Å². The van der Waals surface area contributed by atoms with Crippen molar-refractivity contribution in [2.24, 2.45) is 5.73 Å². The fourth-order valence-corrected chi connectivity index (χ4v) is 2.35. The predicted molar refractivity (Wildman–Crippen MR) is 72.5 cm³/mol. The van der Waals surface area contributed by atoms with E-state index < -0.39 is 0 Å². The largest absolute Gasteiger partial charge is 0.484 e. The highest BCUT2D eigenvalue weighted by Gasteiger charge is 2.18. The first-order valence-electron chi connectivity index (χ1n) is 5.65. The zero-order valence-corrected chi connectivity index (χ0v) is 10.9. The van der Waals surface area contributed by atoms with Crippen molar-refractivity contribution in [3.63, 3.8) is 0 Å². The number of benzene rings is 1. The van der Waals surface area contributed by atoms with Crippen LogP contribution in [-0.4, -0.2) is 6.04 Å². The van der Waals surface area contributed by atoms with Crippen LogP contribution in [0.2, 0.25) is 0 Å². The van der Waals surface area contributed by atoms with Gasteiger partial charge in [-0.05, 0) is 48.0 Å². The minimum absolute atomic E-state index is 0.102. The van der Waals surface area contributed by atoms with Crippen LogP contribution in [0.1, 0.15) is 24.2 Å². The standard InChI is InChI=1S/C14H14N2OS/c1-10(16)14(12-6-7-18-9-12)17-13-4-2-11(8-15)3-5-13/h2-7,9-10,14H,16H2,1H3. The van der Waals surface area contributed by atoms with Crippen LogP contribution in [0.3, 0.4) is 0 Å². The summed E-state index contributed by atoms with van der Waals surface area (Å²) in [5.74, 6) is 0.725. The van der Waals surface area contributed by atoms with Crippen LogP contribution < -0.4 is 10.5 Å². The average molecular weight is 258 g/mol. The molecule has 2 N–H and O–H groups in total. The second-order valence-corrected chi connectivity index (χ2v) is 4.87. The summed E-state index contributed by atoms with van der Waals surface area (Å²) >= 11 is 1.62. The number of hydrogen-bond acceptors (Lipinski definition) is 4. The molecule has 2 unspecified atom stereocenters. The highest BCUT2D eigenvalue weighted by atomic mass is 32.1. The zero-order chi connectivity index (χ0) is 13.0. The Morgan fingerprint density at radius 3 is 2.50 bits per heavy atom. The first kappa shape index (κ1) is 12.6. The fraction of sp³-hybridized carbons (Fsp3) is 0.214. The van der Waals surface area contributed by atoms with Crippen molar-refractivity contribution in [2.75, 3.05) is 0 Å². The van der Waals surface area contributed by atoms with E-state index in [4.69, 9.17) is 15.7 Å². The van der Waals surface area contributed by atoms with E-state index in [1.807, 2.05) is 23.8 Å². The van der Waals surface area contributed by atoms with Gasteiger partial charge in [0.25, 0.3) is 0 Å². The quantitative estimate of drug-likeness (QED) is 0.916. The number of nitrogens with two attached hydrogens (primary N) is 1. The maximum Gasteiger partial charge on any atom is 0.139 e. The SMILES string of the molecule is CC(N)C(Oc1ccc(C#N)cc1)c1ccsc1. The lowest BCUT2D eigenvalue weighted by Gasteiger charge is -2.21. The Balaban J connectivity index is 2.16. The monoisotopic (exact) mass is 258 g/mol. The number of thiophene rings is 1. The molecule has 0 spiro atoms. The molecule has 2 rings (SSSR count). The van der Waals surface area contributed by atoms with Gasteiger partial charge < -0.3 is 10.5 Å². The Labute approximate surface area is 110 Å². The molecule has 0 bridgehead atoms.